The highest BCUT2D eigenvalue weighted by Gasteiger charge is 2.74. The standard InChI is InChI=1S/C9H11F3O2/c1-5(13)14-9(12)7-3-2-6(4-7)8(9,10)11/h6-7H,2-4H2,1H3. The third kappa shape index (κ3) is 1.01. The molecule has 0 saturated heterocycles. The molecule has 0 heterocycles. The lowest BCUT2D eigenvalue weighted by Crippen LogP contribution is -2.51. The Hall–Kier alpha value is -0.740. The number of hydrogen-bond acceptors (Lipinski definition) is 2. The van der Waals surface area contributed by atoms with Crippen LogP contribution in [0.1, 0.15) is 26.2 Å². The predicted molar refractivity (Wildman–Crippen MR) is 41.4 cm³/mol. The Bertz CT molecular complexity index is 279. The van der Waals surface area contributed by atoms with Crippen molar-refractivity contribution >= 4 is 5.97 Å². The number of alkyl halides is 3. The SMILES string of the molecule is CC(=O)OC1(F)C2CCC(C2)C1(F)F. The van der Waals surface area contributed by atoms with E-state index in [1.165, 1.54) is 0 Å². The molecule has 3 atom stereocenters. The fourth-order valence-corrected chi connectivity index (χ4v) is 2.56. The molecule has 5 heteroatoms. The molecule has 80 valence electrons. The molecule has 3 unspecified atom stereocenters. The lowest BCUT2D eigenvalue weighted by atomic mass is 9.91. The summed E-state index contributed by atoms with van der Waals surface area (Å²) in [5.41, 5.74) is 0. The van der Waals surface area contributed by atoms with Gasteiger partial charge in [-0.05, 0) is 19.3 Å². The summed E-state index contributed by atoms with van der Waals surface area (Å²) in [6.07, 6.45) is 0.825. The lowest BCUT2D eigenvalue weighted by molar-refractivity contribution is -0.285. The molecule has 0 aromatic carbocycles. The van der Waals surface area contributed by atoms with Crippen LogP contribution in [0.3, 0.4) is 0 Å². The Labute approximate surface area is 79.4 Å². The minimum atomic E-state index is -3.51. The highest BCUT2D eigenvalue weighted by atomic mass is 19.3. The molecule has 0 amide bonds. The van der Waals surface area contributed by atoms with Crippen LogP contribution in [0, 0.1) is 11.8 Å². The molecular formula is C9H11F3O2. The zero-order valence-electron chi connectivity index (χ0n) is 7.73. The zero-order valence-corrected chi connectivity index (χ0v) is 7.73. The van der Waals surface area contributed by atoms with E-state index in [-0.39, 0.29) is 6.42 Å². The first-order chi connectivity index (χ1) is 6.38. The second-order valence-corrected chi connectivity index (χ2v) is 4.07. The van der Waals surface area contributed by atoms with Gasteiger partial charge in [0.2, 0.25) is 0 Å². The van der Waals surface area contributed by atoms with Gasteiger partial charge in [-0.1, -0.05) is 0 Å². The molecule has 0 aromatic heterocycles. The summed E-state index contributed by atoms with van der Waals surface area (Å²) in [5, 5.41) is 0. The van der Waals surface area contributed by atoms with Crippen molar-refractivity contribution in [2.75, 3.05) is 0 Å². The summed E-state index contributed by atoms with van der Waals surface area (Å²) >= 11 is 0. The van der Waals surface area contributed by atoms with Gasteiger partial charge in [0.05, 0.1) is 0 Å². The monoisotopic (exact) mass is 208 g/mol. The van der Waals surface area contributed by atoms with Gasteiger partial charge in [-0.2, -0.15) is 13.2 Å². The van der Waals surface area contributed by atoms with Gasteiger partial charge in [-0.3, -0.25) is 4.79 Å². The van der Waals surface area contributed by atoms with Crippen LogP contribution in [0.4, 0.5) is 13.2 Å². The van der Waals surface area contributed by atoms with E-state index in [1.54, 1.807) is 0 Å². The van der Waals surface area contributed by atoms with Crippen molar-refractivity contribution in [3.63, 3.8) is 0 Å². The minimum absolute atomic E-state index is 0.122. The highest BCUT2D eigenvalue weighted by molar-refractivity contribution is 5.66. The molecule has 2 rings (SSSR count). The molecule has 0 radical (unpaired) electrons. The second-order valence-electron chi connectivity index (χ2n) is 4.07. The number of hydrogen-bond donors (Lipinski definition) is 0. The van der Waals surface area contributed by atoms with Crippen molar-refractivity contribution in [3.8, 4) is 0 Å². The van der Waals surface area contributed by atoms with Gasteiger partial charge in [-0.15, -0.1) is 0 Å². The van der Waals surface area contributed by atoms with Gasteiger partial charge >= 0.3 is 17.7 Å². The maximum Gasteiger partial charge on any atom is 0.319 e. The van der Waals surface area contributed by atoms with E-state index < -0.39 is 29.6 Å². The van der Waals surface area contributed by atoms with E-state index >= 15 is 0 Å². The molecule has 0 aromatic rings. The van der Waals surface area contributed by atoms with Crippen LogP contribution >= 0.6 is 0 Å². The Balaban J connectivity index is 2.29. The van der Waals surface area contributed by atoms with Gasteiger partial charge in [-0.25, -0.2) is 0 Å². The normalized spacial score (nSPS) is 44.0. The van der Waals surface area contributed by atoms with E-state index in [0.717, 1.165) is 6.92 Å². The summed E-state index contributed by atoms with van der Waals surface area (Å²) in [6, 6.07) is 0. The van der Waals surface area contributed by atoms with Crippen LogP contribution in [-0.4, -0.2) is 17.7 Å². The molecule has 2 bridgehead atoms. The predicted octanol–water partition coefficient (Wildman–Crippen LogP) is 2.28. The average Bonchev–Trinajstić information content (AvgIpc) is 2.54. The molecule has 2 saturated carbocycles. The maximum atomic E-state index is 13.8. The largest absolute Gasteiger partial charge is 0.422 e. The average molecular weight is 208 g/mol. The van der Waals surface area contributed by atoms with Crippen molar-refractivity contribution in [2.24, 2.45) is 11.8 Å². The molecule has 0 aliphatic heterocycles. The number of fused-ring (bicyclic) bond motifs is 2. The highest BCUT2D eigenvalue weighted by Crippen LogP contribution is 2.61. The van der Waals surface area contributed by atoms with Crippen LogP contribution in [0.25, 0.3) is 0 Å². The van der Waals surface area contributed by atoms with E-state index in [9.17, 15) is 18.0 Å². The van der Waals surface area contributed by atoms with Crippen LogP contribution < -0.4 is 0 Å². The molecular weight excluding hydrogens is 197 g/mol. The Morgan fingerprint density at radius 1 is 1.29 bits per heavy atom. The number of halogens is 3. The molecule has 2 fully saturated rings. The first-order valence-corrected chi connectivity index (χ1v) is 4.64. The number of carbonyl (C=O) groups is 1. The topological polar surface area (TPSA) is 26.3 Å². The van der Waals surface area contributed by atoms with E-state index in [1.807, 2.05) is 0 Å². The Morgan fingerprint density at radius 3 is 2.29 bits per heavy atom. The van der Waals surface area contributed by atoms with Crippen LogP contribution in [0.2, 0.25) is 0 Å². The summed E-state index contributed by atoms with van der Waals surface area (Å²) in [4.78, 5) is 10.6. The third-order valence-corrected chi connectivity index (χ3v) is 3.22. The summed E-state index contributed by atoms with van der Waals surface area (Å²) in [5.74, 6) is -9.34. The van der Waals surface area contributed by atoms with Crippen molar-refractivity contribution in [2.45, 2.75) is 38.0 Å². The van der Waals surface area contributed by atoms with E-state index in [4.69, 9.17) is 0 Å². The van der Waals surface area contributed by atoms with Gasteiger partial charge in [0, 0.05) is 18.8 Å². The van der Waals surface area contributed by atoms with Crippen molar-refractivity contribution in [3.05, 3.63) is 0 Å². The molecule has 0 spiro atoms. The maximum absolute atomic E-state index is 13.8. The first kappa shape index (κ1) is 9.80. The quantitative estimate of drug-likeness (QED) is 0.618. The van der Waals surface area contributed by atoms with E-state index in [2.05, 4.69) is 4.74 Å². The number of carbonyl (C=O) groups excluding carboxylic acids is 1. The molecule has 2 aliphatic carbocycles. The Morgan fingerprint density at radius 2 is 1.86 bits per heavy atom. The number of rotatable bonds is 1. The lowest BCUT2D eigenvalue weighted by Gasteiger charge is -2.35. The first-order valence-electron chi connectivity index (χ1n) is 4.64. The van der Waals surface area contributed by atoms with Crippen molar-refractivity contribution in [1.29, 1.82) is 0 Å². The van der Waals surface area contributed by atoms with E-state index in [0.29, 0.717) is 12.8 Å². The van der Waals surface area contributed by atoms with Crippen molar-refractivity contribution < 1.29 is 22.7 Å². The van der Waals surface area contributed by atoms with Crippen molar-refractivity contribution in [1.82, 2.24) is 0 Å². The fourth-order valence-electron chi connectivity index (χ4n) is 2.56. The molecule has 14 heavy (non-hydrogen) atoms. The third-order valence-electron chi connectivity index (χ3n) is 3.22. The molecule has 2 nitrogen and oxygen atoms in total. The smallest absolute Gasteiger partial charge is 0.319 e. The van der Waals surface area contributed by atoms with Crippen LogP contribution in [0.5, 0.6) is 0 Å². The zero-order chi connectivity index (χ0) is 10.6. The van der Waals surface area contributed by atoms with Gasteiger partial charge in [0.25, 0.3) is 0 Å². The molecule has 0 N–H and O–H groups in total. The minimum Gasteiger partial charge on any atom is -0.422 e. The van der Waals surface area contributed by atoms with Gasteiger partial charge in [0.15, 0.2) is 0 Å². The summed E-state index contributed by atoms with van der Waals surface area (Å²) in [6.45, 7) is 0.948. The summed E-state index contributed by atoms with van der Waals surface area (Å²) in [7, 11) is 0. The number of esters is 1. The second kappa shape index (κ2) is 2.64. The fraction of sp³-hybridized carbons (Fsp3) is 0.889. The molecule has 2 aliphatic rings. The van der Waals surface area contributed by atoms with Crippen LogP contribution in [-0.2, 0) is 9.53 Å². The van der Waals surface area contributed by atoms with Gasteiger partial charge < -0.3 is 4.74 Å². The Kier molecular flexibility index (Phi) is 1.85. The van der Waals surface area contributed by atoms with Gasteiger partial charge in [0.1, 0.15) is 0 Å². The number of ether oxygens (including phenoxy) is 1. The summed E-state index contributed by atoms with van der Waals surface area (Å²) < 4.78 is 44.8. The van der Waals surface area contributed by atoms with Crippen LogP contribution in [0.15, 0.2) is 0 Å².